The van der Waals surface area contributed by atoms with Crippen LogP contribution in [-0.2, 0) is 4.74 Å². The van der Waals surface area contributed by atoms with Crippen LogP contribution in [0.5, 0.6) is 0 Å². The molecular formula is C22H22N2O3. The van der Waals surface area contributed by atoms with Crippen molar-refractivity contribution in [2.75, 3.05) is 11.1 Å². The molecule has 0 radical (unpaired) electrons. The number of para-hydroxylation sites is 1. The zero-order valence-electron chi connectivity index (χ0n) is 15.6. The Balaban J connectivity index is 1.86. The molecule has 0 saturated heterocycles. The molecule has 0 bridgehead atoms. The first kappa shape index (κ1) is 18.5. The molecule has 0 fully saturated rings. The number of carbonyl (C=O) groups is 2. The Bertz CT molecular complexity index is 1020. The number of hydrogen-bond acceptors (Lipinski definition) is 4. The van der Waals surface area contributed by atoms with Gasteiger partial charge in [-0.3, -0.25) is 4.79 Å². The first-order valence-electron chi connectivity index (χ1n) is 8.66. The van der Waals surface area contributed by atoms with Crippen LogP contribution in [0.15, 0.2) is 60.7 Å². The highest BCUT2D eigenvalue weighted by molar-refractivity contribution is 6.11. The molecule has 0 heterocycles. The lowest BCUT2D eigenvalue weighted by Gasteiger charge is -2.20. The van der Waals surface area contributed by atoms with Gasteiger partial charge in [-0.25, -0.2) is 4.79 Å². The molecule has 138 valence electrons. The summed E-state index contributed by atoms with van der Waals surface area (Å²) in [5.74, 6) is -0.937. The van der Waals surface area contributed by atoms with Gasteiger partial charge in [0.25, 0.3) is 5.91 Å². The van der Waals surface area contributed by atoms with Crippen LogP contribution < -0.4 is 11.1 Å². The van der Waals surface area contributed by atoms with Crippen LogP contribution in [-0.4, -0.2) is 17.5 Å². The molecule has 0 aliphatic carbocycles. The molecule has 0 aromatic heterocycles. The number of rotatable bonds is 3. The van der Waals surface area contributed by atoms with E-state index < -0.39 is 11.6 Å². The van der Waals surface area contributed by atoms with E-state index in [1.54, 1.807) is 39.0 Å². The van der Waals surface area contributed by atoms with Crippen LogP contribution in [0.3, 0.4) is 0 Å². The molecule has 1 amide bonds. The van der Waals surface area contributed by atoms with E-state index in [4.69, 9.17) is 10.5 Å². The van der Waals surface area contributed by atoms with E-state index in [2.05, 4.69) is 5.32 Å². The molecule has 5 nitrogen and oxygen atoms in total. The number of nitrogens with two attached hydrogens (primary N) is 1. The summed E-state index contributed by atoms with van der Waals surface area (Å²) in [5.41, 5.74) is 6.60. The SMILES string of the molecule is CC(C)(C)OC(=O)c1cccc(C(=O)Nc2ccc3ccccc3c2)c1N. The molecular weight excluding hydrogens is 340 g/mol. The standard InChI is InChI=1S/C22H22N2O3/c1-22(2,3)27-21(26)18-10-6-9-17(19(18)23)20(25)24-16-12-11-14-7-4-5-8-15(14)13-16/h4-13H,23H2,1-3H3,(H,24,25). The maximum absolute atomic E-state index is 12.7. The third-order valence-electron chi connectivity index (χ3n) is 3.98. The molecule has 27 heavy (non-hydrogen) atoms. The van der Waals surface area contributed by atoms with Crippen molar-refractivity contribution >= 4 is 34.0 Å². The van der Waals surface area contributed by atoms with Crippen LogP contribution in [0, 0.1) is 0 Å². The summed E-state index contributed by atoms with van der Waals surface area (Å²) in [4.78, 5) is 25.0. The van der Waals surface area contributed by atoms with Gasteiger partial charge in [0.1, 0.15) is 5.60 Å². The molecule has 5 heteroatoms. The second-order valence-corrected chi connectivity index (χ2v) is 7.28. The fraction of sp³-hybridized carbons (Fsp3) is 0.182. The van der Waals surface area contributed by atoms with Crippen LogP contribution in [0.2, 0.25) is 0 Å². The van der Waals surface area contributed by atoms with E-state index in [1.165, 1.54) is 0 Å². The smallest absolute Gasteiger partial charge is 0.340 e. The Hall–Kier alpha value is -3.34. The summed E-state index contributed by atoms with van der Waals surface area (Å²) in [6, 6.07) is 18.3. The summed E-state index contributed by atoms with van der Waals surface area (Å²) in [5, 5.41) is 4.94. The van der Waals surface area contributed by atoms with Crippen molar-refractivity contribution in [3.05, 3.63) is 71.8 Å². The van der Waals surface area contributed by atoms with Gasteiger partial charge in [0.15, 0.2) is 0 Å². The second kappa shape index (κ2) is 7.11. The number of carbonyl (C=O) groups excluding carboxylic acids is 2. The Morgan fingerprint density at radius 1 is 0.889 bits per heavy atom. The molecule has 3 rings (SSSR count). The zero-order valence-corrected chi connectivity index (χ0v) is 15.6. The molecule has 0 atom stereocenters. The highest BCUT2D eigenvalue weighted by Gasteiger charge is 2.22. The van der Waals surface area contributed by atoms with Crippen LogP contribution in [0.1, 0.15) is 41.5 Å². The largest absolute Gasteiger partial charge is 0.456 e. The Labute approximate surface area is 158 Å². The number of fused-ring (bicyclic) bond motifs is 1. The van der Waals surface area contributed by atoms with Gasteiger partial charge in [0.05, 0.1) is 16.8 Å². The lowest BCUT2D eigenvalue weighted by atomic mass is 10.1. The van der Waals surface area contributed by atoms with Crippen molar-refractivity contribution < 1.29 is 14.3 Å². The van der Waals surface area contributed by atoms with Crippen LogP contribution >= 0.6 is 0 Å². The summed E-state index contributed by atoms with van der Waals surface area (Å²) in [6.07, 6.45) is 0. The maximum Gasteiger partial charge on any atom is 0.340 e. The molecule has 0 spiro atoms. The number of esters is 1. The quantitative estimate of drug-likeness (QED) is 0.526. The Morgan fingerprint density at radius 2 is 1.56 bits per heavy atom. The number of anilines is 2. The van der Waals surface area contributed by atoms with E-state index in [1.807, 2.05) is 42.5 Å². The highest BCUT2D eigenvalue weighted by atomic mass is 16.6. The molecule has 0 aliphatic heterocycles. The lowest BCUT2D eigenvalue weighted by molar-refractivity contribution is 0.00708. The van der Waals surface area contributed by atoms with Gasteiger partial charge in [-0.1, -0.05) is 36.4 Å². The van der Waals surface area contributed by atoms with Crippen LogP contribution in [0.25, 0.3) is 10.8 Å². The number of ether oxygens (including phenoxy) is 1. The van der Waals surface area contributed by atoms with Gasteiger partial charge < -0.3 is 15.8 Å². The number of hydrogen-bond donors (Lipinski definition) is 2. The van der Waals surface area contributed by atoms with Gasteiger partial charge in [-0.05, 0) is 55.8 Å². The summed E-state index contributed by atoms with van der Waals surface area (Å²) >= 11 is 0. The minimum atomic E-state index is -0.646. The fourth-order valence-electron chi connectivity index (χ4n) is 2.74. The first-order valence-corrected chi connectivity index (χ1v) is 8.66. The monoisotopic (exact) mass is 362 g/mol. The van der Waals surface area contributed by atoms with E-state index in [0.29, 0.717) is 5.69 Å². The number of nitrogens with one attached hydrogen (secondary N) is 1. The highest BCUT2D eigenvalue weighted by Crippen LogP contribution is 2.23. The normalized spacial score (nSPS) is 11.2. The number of amides is 1. The zero-order chi connectivity index (χ0) is 19.6. The van der Waals surface area contributed by atoms with Gasteiger partial charge in [-0.15, -0.1) is 0 Å². The summed E-state index contributed by atoms with van der Waals surface area (Å²) < 4.78 is 5.36. The predicted molar refractivity (Wildman–Crippen MR) is 108 cm³/mol. The van der Waals surface area contributed by atoms with Gasteiger partial charge >= 0.3 is 5.97 Å². The van der Waals surface area contributed by atoms with Crippen molar-refractivity contribution in [2.45, 2.75) is 26.4 Å². The van der Waals surface area contributed by atoms with Gasteiger partial charge in [0, 0.05) is 5.69 Å². The topological polar surface area (TPSA) is 81.4 Å². The predicted octanol–water partition coefficient (Wildman–Crippen LogP) is 4.63. The second-order valence-electron chi connectivity index (χ2n) is 7.28. The first-order chi connectivity index (χ1) is 12.7. The molecule has 0 unspecified atom stereocenters. The van der Waals surface area contributed by atoms with E-state index in [0.717, 1.165) is 10.8 Å². The van der Waals surface area contributed by atoms with Gasteiger partial charge in [0.2, 0.25) is 0 Å². The van der Waals surface area contributed by atoms with Gasteiger partial charge in [-0.2, -0.15) is 0 Å². The molecule has 3 aromatic carbocycles. The van der Waals surface area contributed by atoms with Crippen molar-refractivity contribution in [3.8, 4) is 0 Å². The van der Waals surface area contributed by atoms with Crippen molar-refractivity contribution in [1.29, 1.82) is 0 Å². The number of nitrogen functional groups attached to an aromatic ring is 1. The molecule has 3 aromatic rings. The Kier molecular flexibility index (Phi) is 4.86. The van der Waals surface area contributed by atoms with Crippen LogP contribution in [0.4, 0.5) is 11.4 Å². The number of benzene rings is 3. The third-order valence-corrected chi connectivity index (χ3v) is 3.98. The van der Waals surface area contributed by atoms with E-state index >= 15 is 0 Å². The summed E-state index contributed by atoms with van der Waals surface area (Å²) in [6.45, 7) is 5.33. The minimum absolute atomic E-state index is 0.102. The van der Waals surface area contributed by atoms with Crippen molar-refractivity contribution in [2.24, 2.45) is 0 Å². The minimum Gasteiger partial charge on any atom is -0.456 e. The fourth-order valence-corrected chi connectivity index (χ4v) is 2.74. The molecule has 0 aliphatic rings. The summed E-state index contributed by atoms with van der Waals surface area (Å²) in [7, 11) is 0. The Morgan fingerprint density at radius 3 is 2.26 bits per heavy atom. The third kappa shape index (κ3) is 4.26. The van der Waals surface area contributed by atoms with E-state index in [9.17, 15) is 9.59 Å². The van der Waals surface area contributed by atoms with Crippen molar-refractivity contribution in [1.82, 2.24) is 0 Å². The van der Waals surface area contributed by atoms with Crippen molar-refractivity contribution in [3.63, 3.8) is 0 Å². The lowest BCUT2D eigenvalue weighted by Crippen LogP contribution is -2.25. The average molecular weight is 362 g/mol. The van der Waals surface area contributed by atoms with E-state index in [-0.39, 0.29) is 22.7 Å². The molecule has 0 saturated carbocycles. The maximum atomic E-state index is 12.7. The average Bonchev–Trinajstić information content (AvgIpc) is 2.60. The molecule has 3 N–H and O–H groups in total.